The number of rotatable bonds is 2. The van der Waals surface area contributed by atoms with Crippen LogP contribution in [0.1, 0.15) is 6.42 Å². The fourth-order valence-electron chi connectivity index (χ4n) is 1.92. The second-order valence-electron chi connectivity index (χ2n) is 4.07. The Balaban J connectivity index is 2.48. The van der Waals surface area contributed by atoms with Crippen LogP contribution in [0.15, 0.2) is 6.07 Å². The molecule has 1 saturated heterocycles. The third-order valence-corrected chi connectivity index (χ3v) is 2.82. The van der Waals surface area contributed by atoms with Crippen molar-refractivity contribution in [2.75, 3.05) is 18.1 Å². The molecule has 1 N–H and O–H groups in total. The smallest absolute Gasteiger partial charge is 0.227 e. The molecule has 1 heterocycles. The molecule has 1 unspecified atom stereocenters. The highest BCUT2D eigenvalue weighted by molar-refractivity contribution is 5.96. The third-order valence-electron chi connectivity index (χ3n) is 2.82. The van der Waals surface area contributed by atoms with Crippen LogP contribution in [0.3, 0.4) is 0 Å². The van der Waals surface area contributed by atoms with Gasteiger partial charge in [0, 0.05) is 31.6 Å². The lowest BCUT2D eigenvalue weighted by molar-refractivity contribution is -0.117. The highest BCUT2D eigenvalue weighted by Gasteiger charge is 2.35. The second kappa shape index (κ2) is 4.56. The molecular formula is C11H9F4NO2. The normalized spacial score (nSPS) is 19.7. The number of carbonyl (C=O) groups is 1. The van der Waals surface area contributed by atoms with Crippen molar-refractivity contribution in [3.63, 3.8) is 0 Å². The largest absolute Gasteiger partial charge is 0.396 e. The lowest BCUT2D eigenvalue weighted by Gasteiger charge is -2.18. The zero-order valence-corrected chi connectivity index (χ0v) is 9.09. The Bertz CT molecular complexity index is 480. The Morgan fingerprint density at radius 1 is 1.22 bits per heavy atom. The van der Waals surface area contributed by atoms with Gasteiger partial charge in [-0.05, 0) is 0 Å². The van der Waals surface area contributed by atoms with Gasteiger partial charge >= 0.3 is 0 Å². The fourth-order valence-corrected chi connectivity index (χ4v) is 1.92. The molecule has 0 bridgehead atoms. The summed E-state index contributed by atoms with van der Waals surface area (Å²) in [7, 11) is 0. The van der Waals surface area contributed by atoms with Crippen LogP contribution >= 0.6 is 0 Å². The summed E-state index contributed by atoms with van der Waals surface area (Å²) >= 11 is 0. The Labute approximate surface area is 99.6 Å². The molecule has 1 fully saturated rings. The third kappa shape index (κ3) is 1.94. The number of aliphatic hydroxyl groups excluding tert-OH is 1. The molecule has 98 valence electrons. The van der Waals surface area contributed by atoms with Gasteiger partial charge in [-0.25, -0.2) is 17.6 Å². The van der Waals surface area contributed by atoms with Crippen LogP contribution in [0.4, 0.5) is 23.2 Å². The van der Waals surface area contributed by atoms with Crippen molar-refractivity contribution in [3.8, 4) is 0 Å². The minimum absolute atomic E-state index is 0.0816. The lowest BCUT2D eigenvalue weighted by atomic mass is 10.1. The van der Waals surface area contributed by atoms with Crippen LogP contribution < -0.4 is 4.90 Å². The first-order valence-electron chi connectivity index (χ1n) is 5.20. The van der Waals surface area contributed by atoms with Crippen molar-refractivity contribution >= 4 is 11.6 Å². The second-order valence-corrected chi connectivity index (χ2v) is 4.07. The molecule has 1 amide bonds. The van der Waals surface area contributed by atoms with Gasteiger partial charge in [0.05, 0.1) is 0 Å². The Hall–Kier alpha value is -1.63. The molecule has 1 aliphatic rings. The molecule has 0 saturated carbocycles. The van der Waals surface area contributed by atoms with E-state index in [1.165, 1.54) is 0 Å². The van der Waals surface area contributed by atoms with Gasteiger partial charge < -0.3 is 10.0 Å². The van der Waals surface area contributed by atoms with Crippen molar-refractivity contribution in [1.82, 2.24) is 0 Å². The molecule has 0 radical (unpaired) electrons. The summed E-state index contributed by atoms with van der Waals surface area (Å²) in [6, 6.07) is 0.0816. The maximum absolute atomic E-state index is 13.5. The predicted molar refractivity (Wildman–Crippen MR) is 53.8 cm³/mol. The first-order chi connectivity index (χ1) is 8.45. The number of nitrogens with zero attached hydrogens (tertiary/aromatic N) is 1. The standard InChI is InChI=1S/C11H9F4NO2/c12-6-2-7(13)10(15)11(9(6)14)16-3-5(4-17)1-8(16)18/h2,5,17H,1,3-4H2. The van der Waals surface area contributed by atoms with Crippen molar-refractivity contribution in [2.24, 2.45) is 5.92 Å². The molecule has 7 heteroatoms. The van der Waals surface area contributed by atoms with E-state index in [2.05, 4.69) is 0 Å². The van der Waals surface area contributed by atoms with Gasteiger partial charge in [-0.2, -0.15) is 0 Å². The molecular weight excluding hydrogens is 254 g/mol. The van der Waals surface area contributed by atoms with E-state index < -0.39 is 40.8 Å². The van der Waals surface area contributed by atoms with Crippen LogP contribution in [-0.2, 0) is 4.79 Å². The molecule has 1 aliphatic heterocycles. The van der Waals surface area contributed by atoms with Gasteiger partial charge in [0.15, 0.2) is 23.3 Å². The summed E-state index contributed by atoms with van der Waals surface area (Å²) < 4.78 is 52.9. The number of carbonyl (C=O) groups excluding carboxylic acids is 1. The molecule has 0 aromatic heterocycles. The fraction of sp³-hybridized carbons (Fsp3) is 0.364. The minimum atomic E-state index is -1.61. The SMILES string of the molecule is O=C1CC(CO)CN1c1c(F)c(F)cc(F)c1F. The van der Waals surface area contributed by atoms with Crippen LogP contribution in [-0.4, -0.2) is 24.2 Å². The zero-order chi connectivity index (χ0) is 13.4. The monoisotopic (exact) mass is 263 g/mol. The molecule has 1 atom stereocenters. The summed E-state index contributed by atoms with van der Waals surface area (Å²) in [5.41, 5.74) is -1.03. The zero-order valence-electron chi connectivity index (χ0n) is 9.09. The molecule has 0 aliphatic carbocycles. The van der Waals surface area contributed by atoms with E-state index in [-0.39, 0.29) is 25.6 Å². The van der Waals surface area contributed by atoms with E-state index in [0.717, 1.165) is 0 Å². The Kier molecular flexibility index (Phi) is 3.25. The van der Waals surface area contributed by atoms with Gasteiger partial charge in [-0.1, -0.05) is 0 Å². The van der Waals surface area contributed by atoms with Gasteiger partial charge in [0.2, 0.25) is 5.91 Å². The van der Waals surface area contributed by atoms with Crippen LogP contribution in [0.2, 0.25) is 0 Å². The molecule has 18 heavy (non-hydrogen) atoms. The first kappa shape index (κ1) is 12.8. The average molecular weight is 263 g/mol. The summed E-state index contributed by atoms with van der Waals surface area (Å²) in [6.07, 6.45) is -0.118. The maximum atomic E-state index is 13.5. The highest BCUT2D eigenvalue weighted by atomic mass is 19.2. The number of hydrogen-bond donors (Lipinski definition) is 1. The van der Waals surface area contributed by atoms with Crippen LogP contribution in [0.5, 0.6) is 0 Å². The van der Waals surface area contributed by atoms with E-state index in [0.29, 0.717) is 4.90 Å². The predicted octanol–water partition coefficient (Wildman–Crippen LogP) is 1.59. The first-order valence-corrected chi connectivity index (χ1v) is 5.20. The van der Waals surface area contributed by atoms with Crippen molar-refractivity contribution in [2.45, 2.75) is 6.42 Å². The summed E-state index contributed by atoms with van der Waals surface area (Å²) in [5, 5.41) is 8.88. The van der Waals surface area contributed by atoms with E-state index in [4.69, 9.17) is 5.11 Å². The number of amides is 1. The molecule has 3 nitrogen and oxygen atoms in total. The number of benzene rings is 1. The van der Waals surface area contributed by atoms with Gasteiger partial charge in [-0.3, -0.25) is 4.79 Å². The quantitative estimate of drug-likeness (QED) is 0.650. The summed E-state index contributed by atoms with van der Waals surface area (Å²) in [6.45, 7) is -0.519. The van der Waals surface area contributed by atoms with E-state index in [9.17, 15) is 22.4 Å². The Morgan fingerprint density at radius 2 is 1.78 bits per heavy atom. The molecule has 0 spiro atoms. The van der Waals surface area contributed by atoms with E-state index in [1.54, 1.807) is 0 Å². The average Bonchev–Trinajstić information content (AvgIpc) is 2.69. The number of aliphatic hydroxyl groups is 1. The maximum Gasteiger partial charge on any atom is 0.227 e. The van der Waals surface area contributed by atoms with Crippen molar-refractivity contribution in [3.05, 3.63) is 29.3 Å². The van der Waals surface area contributed by atoms with E-state index >= 15 is 0 Å². The number of hydrogen-bond acceptors (Lipinski definition) is 2. The number of anilines is 1. The summed E-state index contributed by atoms with van der Waals surface area (Å²) in [5.74, 6) is -7.53. The minimum Gasteiger partial charge on any atom is -0.396 e. The van der Waals surface area contributed by atoms with Crippen molar-refractivity contribution in [1.29, 1.82) is 0 Å². The topological polar surface area (TPSA) is 40.5 Å². The molecule has 1 aromatic carbocycles. The Morgan fingerprint density at radius 3 is 2.22 bits per heavy atom. The van der Waals surface area contributed by atoms with Gasteiger partial charge in [0.25, 0.3) is 0 Å². The van der Waals surface area contributed by atoms with Gasteiger partial charge in [0.1, 0.15) is 5.69 Å². The molecule has 1 aromatic rings. The molecule has 2 rings (SSSR count). The lowest BCUT2D eigenvalue weighted by Crippen LogP contribution is -2.28. The van der Waals surface area contributed by atoms with Crippen LogP contribution in [0, 0.1) is 29.2 Å². The highest BCUT2D eigenvalue weighted by Crippen LogP contribution is 2.32. The van der Waals surface area contributed by atoms with E-state index in [1.807, 2.05) is 0 Å². The van der Waals surface area contributed by atoms with Crippen LogP contribution in [0.25, 0.3) is 0 Å². The van der Waals surface area contributed by atoms with Gasteiger partial charge in [-0.15, -0.1) is 0 Å². The number of halogens is 4. The van der Waals surface area contributed by atoms with Crippen molar-refractivity contribution < 1.29 is 27.5 Å². The summed E-state index contributed by atoms with van der Waals surface area (Å²) in [4.78, 5) is 12.1.